The number of rotatable bonds is 4. The lowest BCUT2D eigenvalue weighted by molar-refractivity contribution is 0.102. The lowest BCUT2D eigenvalue weighted by Crippen LogP contribution is -2.17. The molecule has 0 radical (unpaired) electrons. The van der Waals surface area contributed by atoms with E-state index in [1.54, 1.807) is 12.3 Å². The summed E-state index contributed by atoms with van der Waals surface area (Å²) in [5, 5.41) is 11.5. The van der Waals surface area contributed by atoms with Crippen LogP contribution in [-0.2, 0) is 0 Å². The first-order chi connectivity index (χ1) is 13.2. The normalized spacial score (nSPS) is 10.5. The molecule has 0 saturated heterocycles. The van der Waals surface area contributed by atoms with E-state index < -0.39 is 5.91 Å². The molecule has 0 aliphatic carbocycles. The van der Waals surface area contributed by atoms with Gasteiger partial charge >= 0.3 is 0 Å². The van der Waals surface area contributed by atoms with Crippen LogP contribution in [0.1, 0.15) is 10.5 Å². The van der Waals surface area contributed by atoms with Crippen LogP contribution in [0.15, 0.2) is 71.0 Å². The molecule has 8 heteroatoms. The molecule has 0 aliphatic rings. The van der Waals surface area contributed by atoms with E-state index in [-0.39, 0.29) is 11.3 Å². The predicted octanol–water partition coefficient (Wildman–Crippen LogP) is 3.21. The number of aromatic nitrogens is 4. The van der Waals surface area contributed by atoms with Crippen LogP contribution in [0.2, 0.25) is 0 Å². The van der Waals surface area contributed by atoms with Gasteiger partial charge in [-0.25, -0.2) is 10.1 Å². The van der Waals surface area contributed by atoms with Gasteiger partial charge in [0.05, 0.1) is 11.4 Å². The Bertz CT molecular complexity index is 1130. The molecule has 1 amide bonds. The number of amides is 1. The number of pyridine rings is 1. The average molecular weight is 375 g/mol. The summed E-state index contributed by atoms with van der Waals surface area (Å²) in [5.74, 6) is -0.407. The molecule has 0 aliphatic heterocycles. The van der Waals surface area contributed by atoms with Crippen LogP contribution in [0.25, 0.3) is 22.0 Å². The Hall–Kier alpha value is -3.65. The largest absolute Gasteiger partial charge is 0.321 e. The summed E-state index contributed by atoms with van der Waals surface area (Å²) in [4.78, 5) is 32.2. The Kier molecular flexibility index (Phi) is 4.54. The number of carbonyl (C=O) groups excluding carboxylic acids is 1. The molecule has 132 valence electrons. The fourth-order valence-electron chi connectivity index (χ4n) is 2.44. The fraction of sp³-hybridized carbons (Fsp3) is 0. The predicted molar refractivity (Wildman–Crippen MR) is 104 cm³/mol. The number of anilines is 1. The first-order valence-corrected chi connectivity index (χ1v) is 8.91. The summed E-state index contributed by atoms with van der Waals surface area (Å²) in [6, 6.07) is 15.7. The molecule has 7 nitrogen and oxygen atoms in total. The summed E-state index contributed by atoms with van der Waals surface area (Å²) in [6.07, 6.45) is 1.73. The van der Waals surface area contributed by atoms with Gasteiger partial charge in [-0.2, -0.15) is 5.10 Å². The number of nitrogens with one attached hydrogen (secondary N) is 2. The third-order valence-corrected chi connectivity index (χ3v) is 4.58. The molecule has 4 aromatic rings. The van der Waals surface area contributed by atoms with Gasteiger partial charge in [-0.15, -0.1) is 11.3 Å². The number of aromatic amines is 1. The van der Waals surface area contributed by atoms with Crippen LogP contribution >= 0.6 is 11.3 Å². The lowest BCUT2D eigenvalue weighted by Gasteiger charge is -2.06. The third kappa shape index (κ3) is 3.80. The lowest BCUT2D eigenvalue weighted by atomic mass is 10.1. The van der Waals surface area contributed by atoms with Crippen LogP contribution < -0.4 is 10.9 Å². The number of carbonyl (C=O) groups is 1. The Morgan fingerprint density at radius 3 is 2.74 bits per heavy atom. The maximum atomic E-state index is 12.2. The molecule has 1 aromatic carbocycles. The minimum absolute atomic E-state index is 0.131. The van der Waals surface area contributed by atoms with E-state index >= 15 is 0 Å². The van der Waals surface area contributed by atoms with Crippen molar-refractivity contribution in [2.24, 2.45) is 0 Å². The third-order valence-electron chi connectivity index (χ3n) is 3.72. The Morgan fingerprint density at radius 2 is 1.96 bits per heavy atom. The van der Waals surface area contributed by atoms with E-state index in [4.69, 9.17) is 0 Å². The number of benzene rings is 1. The molecule has 3 heterocycles. The number of H-pyrrole nitrogens is 1. The van der Waals surface area contributed by atoms with E-state index in [1.165, 1.54) is 23.5 Å². The topological polar surface area (TPSA) is 101 Å². The minimum atomic E-state index is -0.407. The van der Waals surface area contributed by atoms with Crippen molar-refractivity contribution in [3.63, 3.8) is 0 Å². The fourth-order valence-corrected chi connectivity index (χ4v) is 3.24. The van der Waals surface area contributed by atoms with E-state index in [9.17, 15) is 9.59 Å². The molecule has 0 fully saturated rings. The average Bonchev–Trinajstić information content (AvgIpc) is 3.20. The van der Waals surface area contributed by atoms with Gasteiger partial charge in [-0.05, 0) is 30.3 Å². The molecule has 27 heavy (non-hydrogen) atoms. The molecular weight excluding hydrogens is 362 g/mol. The minimum Gasteiger partial charge on any atom is -0.321 e. The highest BCUT2D eigenvalue weighted by molar-refractivity contribution is 7.13. The maximum absolute atomic E-state index is 12.2. The van der Waals surface area contributed by atoms with Crippen molar-refractivity contribution in [1.29, 1.82) is 0 Å². The number of nitrogens with zero attached hydrogens (tertiary/aromatic N) is 3. The monoisotopic (exact) mass is 375 g/mol. The summed E-state index contributed by atoms with van der Waals surface area (Å²) >= 11 is 1.51. The van der Waals surface area contributed by atoms with Gasteiger partial charge in [0, 0.05) is 28.9 Å². The van der Waals surface area contributed by atoms with Crippen LogP contribution in [-0.4, -0.2) is 26.1 Å². The zero-order valence-electron chi connectivity index (χ0n) is 13.9. The van der Waals surface area contributed by atoms with Gasteiger partial charge in [0.2, 0.25) is 0 Å². The summed E-state index contributed by atoms with van der Waals surface area (Å²) in [7, 11) is 0. The highest BCUT2D eigenvalue weighted by Gasteiger charge is 2.11. The molecule has 0 atom stereocenters. The Balaban J connectivity index is 1.56. The molecule has 0 saturated carbocycles. The van der Waals surface area contributed by atoms with Crippen LogP contribution in [0.4, 0.5) is 5.69 Å². The second-order valence-electron chi connectivity index (χ2n) is 5.59. The van der Waals surface area contributed by atoms with Gasteiger partial charge in [-0.1, -0.05) is 18.2 Å². The van der Waals surface area contributed by atoms with E-state index in [1.807, 2.05) is 41.8 Å². The molecular formula is C19H13N5O2S. The second kappa shape index (κ2) is 7.30. The van der Waals surface area contributed by atoms with Gasteiger partial charge in [0.15, 0.2) is 0 Å². The SMILES string of the molecule is O=C(Nc1cccc(-c2csc(-c3ccccn3)n2)c1)c1ccc(=O)[nH]n1. The molecule has 2 N–H and O–H groups in total. The van der Waals surface area contributed by atoms with E-state index in [0.29, 0.717) is 5.69 Å². The number of hydrogen-bond donors (Lipinski definition) is 2. The molecule has 3 aromatic heterocycles. The van der Waals surface area contributed by atoms with Crippen molar-refractivity contribution in [2.75, 3.05) is 5.32 Å². The van der Waals surface area contributed by atoms with E-state index in [2.05, 4.69) is 25.5 Å². The highest BCUT2D eigenvalue weighted by atomic mass is 32.1. The first-order valence-electron chi connectivity index (χ1n) is 8.03. The van der Waals surface area contributed by atoms with Gasteiger partial charge < -0.3 is 5.32 Å². The molecule has 0 spiro atoms. The van der Waals surface area contributed by atoms with Crippen molar-refractivity contribution in [2.45, 2.75) is 0 Å². The Labute approximate surface area is 157 Å². The summed E-state index contributed by atoms with van der Waals surface area (Å²) in [5.41, 5.74) is 2.88. The van der Waals surface area contributed by atoms with Crippen LogP contribution in [0, 0.1) is 0 Å². The van der Waals surface area contributed by atoms with Gasteiger partial charge in [0.25, 0.3) is 11.5 Å². The highest BCUT2D eigenvalue weighted by Crippen LogP contribution is 2.29. The van der Waals surface area contributed by atoms with Crippen molar-refractivity contribution in [1.82, 2.24) is 20.2 Å². The van der Waals surface area contributed by atoms with Crippen LogP contribution in [0.5, 0.6) is 0 Å². The zero-order valence-corrected chi connectivity index (χ0v) is 14.7. The summed E-state index contributed by atoms with van der Waals surface area (Å²) < 4.78 is 0. The quantitative estimate of drug-likeness (QED) is 0.570. The molecule has 0 bridgehead atoms. The van der Waals surface area contributed by atoms with Crippen molar-refractivity contribution in [3.8, 4) is 22.0 Å². The molecule has 4 rings (SSSR count). The van der Waals surface area contributed by atoms with Gasteiger partial charge in [-0.3, -0.25) is 14.6 Å². The van der Waals surface area contributed by atoms with E-state index in [0.717, 1.165) is 22.0 Å². The summed E-state index contributed by atoms with van der Waals surface area (Å²) in [6.45, 7) is 0. The zero-order chi connectivity index (χ0) is 18.6. The van der Waals surface area contributed by atoms with Crippen molar-refractivity contribution >= 4 is 22.9 Å². The standard InChI is InChI=1S/C19H13N5O2S/c25-17-8-7-14(23-24-17)18(26)21-13-5-3-4-12(10-13)16-11-27-19(22-16)15-6-1-2-9-20-15/h1-11H,(H,21,26)(H,24,25). The van der Waals surface area contributed by atoms with Gasteiger partial charge in [0.1, 0.15) is 10.7 Å². The first kappa shape index (κ1) is 16.8. The number of thiazole rings is 1. The second-order valence-corrected chi connectivity index (χ2v) is 6.45. The molecule has 0 unspecified atom stereocenters. The number of hydrogen-bond acceptors (Lipinski definition) is 6. The van der Waals surface area contributed by atoms with Crippen LogP contribution in [0.3, 0.4) is 0 Å². The Morgan fingerprint density at radius 1 is 1.04 bits per heavy atom. The smallest absolute Gasteiger partial charge is 0.276 e. The van der Waals surface area contributed by atoms with Crippen molar-refractivity contribution < 1.29 is 4.79 Å². The maximum Gasteiger partial charge on any atom is 0.276 e. The van der Waals surface area contributed by atoms with Crippen molar-refractivity contribution in [3.05, 3.63) is 82.2 Å².